The van der Waals surface area contributed by atoms with Crippen molar-refractivity contribution in [3.8, 4) is 17.5 Å². The molecule has 8 nitrogen and oxygen atoms in total. The Kier molecular flexibility index (Phi) is 5.38. The van der Waals surface area contributed by atoms with E-state index in [0.29, 0.717) is 24.1 Å². The molecule has 1 aliphatic heterocycles. The molecule has 0 fully saturated rings. The molecule has 5 rings (SSSR count). The Morgan fingerprint density at radius 2 is 2.00 bits per heavy atom. The first-order valence-electron chi connectivity index (χ1n) is 11.2. The van der Waals surface area contributed by atoms with Crippen LogP contribution in [0.1, 0.15) is 47.5 Å². The van der Waals surface area contributed by atoms with Gasteiger partial charge in [0.2, 0.25) is 5.91 Å². The smallest absolute Gasteiger partial charge is 0.224 e. The molecule has 0 unspecified atom stereocenters. The number of hydrogen-bond acceptors (Lipinski definition) is 5. The van der Waals surface area contributed by atoms with Crippen molar-refractivity contribution in [3.05, 3.63) is 64.9 Å². The molecule has 33 heavy (non-hydrogen) atoms. The SMILES string of the molecule is Cc1nc2c(C#N)cnn2c(C)c1CCC(=O)Nc1ccc(-c2ncc3n2CCCC3)cc1. The van der Waals surface area contributed by atoms with E-state index in [9.17, 15) is 10.1 Å². The van der Waals surface area contributed by atoms with Crippen molar-refractivity contribution in [1.82, 2.24) is 24.1 Å². The minimum absolute atomic E-state index is 0.0574. The monoisotopic (exact) mass is 439 g/mol. The van der Waals surface area contributed by atoms with Crippen molar-refractivity contribution < 1.29 is 4.79 Å². The number of carbonyl (C=O) groups is 1. The highest BCUT2D eigenvalue weighted by atomic mass is 16.1. The van der Waals surface area contributed by atoms with Gasteiger partial charge >= 0.3 is 0 Å². The first kappa shape index (κ1) is 20.9. The van der Waals surface area contributed by atoms with Crippen LogP contribution in [0.2, 0.25) is 0 Å². The van der Waals surface area contributed by atoms with Gasteiger partial charge in [-0.05, 0) is 69.4 Å². The van der Waals surface area contributed by atoms with Gasteiger partial charge in [-0.2, -0.15) is 10.4 Å². The van der Waals surface area contributed by atoms with Crippen LogP contribution in [-0.2, 0) is 24.2 Å². The number of aromatic nitrogens is 5. The number of hydrogen-bond donors (Lipinski definition) is 1. The Hall–Kier alpha value is -3.99. The molecule has 1 N–H and O–H groups in total. The maximum absolute atomic E-state index is 12.6. The van der Waals surface area contributed by atoms with E-state index >= 15 is 0 Å². The highest BCUT2D eigenvalue weighted by molar-refractivity contribution is 5.91. The van der Waals surface area contributed by atoms with Crippen molar-refractivity contribution in [1.29, 1.82) is 5.26 Å². The maximum atomic E-state index is 12.6. The predicted molar refractivity (Wildman–Crippen MR) is 125 cm³/mol. The van der Waals surface area contributed by atoms with E-state index in [4.69, 9.17) is 0 Å². The lowest BCUT2D eigenvalue weighted by atomic mass is 10.1. The summed E-state index contributed by atoms with van der Waals surface area (Å²) in [5.41, 5.74) is 6.82. The quantitative estimate of drug-likeness (QED) is 0.507. The molecule has 0 spiro atoms. The van der Waals surface area contributed by atoms with Crippen molar-refractivity contribution >= 4 is 17.2 Å². The molecular weight excluding hydrogens is 414 g/mol. The van der Waals surface area contributed by atoms with Crippen LogP contribution in [-0.4, -0.2) is 30.1 Å². The highest BCUT2D eigenvalue weighted by Gasteiger charge is 2.16. The van der Waals surface area contributed by atoms with Crippen LogP contribution in [0.15, 0.2) is 36.7 Å². The first-order chi connectivity index (χ1) is 16.0. The summed E-state index contributed by atoms with van der Waals surface area (Å²) in [5, 5.41) is 16.5. The number of amides is 1. The molecule has 0 atom stereocenters. The van der Waals surface area contributed by atoms with Gasteiger partial charge in [-0.15, -0.1) is 0 Å². The fourth-order valence-corrected chi connectivity index (χ4v) is 4.58. The van der Waals surface area contributed by atoms with Crippen LogP contribution < -0.4 is 5.32 Å². The van der Waals surface area contributed by atoms with Crippen molar-refractivity contribution in [2.75, 3.05) is 5.32 Å². The van der Waals surface area contributed by atoms with E-state index < -0.39 is 0 Å². The molecule has 3 aromatic heterocycles. The van der Waals surface area contributed by atoms with Crippen LogP contribution in [0.25, 0.3) is 17.0 Å². The molecule has 8 heteroatoms. The fraction of sp³-hybridized carbons (Fsp3) is 0.320. The number of carbonyl (C=O) groups excluding carboxylic acids is 1. The Labute approximate surface area is 191 Å². The molecule has 1 aromatic carbocycles. The average Bonchev–Trinajstić information content (AvgIpc) is 3.43. The number of fused-ring (bicyclic) bond motifs is 2. The molecule has 0 aliphatic carbocycles. The fourth-order valence-electron chi connectivity index (χ4n) is 4.58. The number of nitrogens with zero attached hydrogens (tertiary/aromatic N) is 6. The van der Waals surface area contributed by atoms with E-state index in [1.165, 1.54) is 24.7 Å². The van der Waals surface area contributed by atoms with Gasteiger partial charge in [-0.1, -0.05) is 0 Å². The predicted octanol–water partition coefficient (Wildman–Crippen LogP) is 3.99. The minimum Gasteiger partial charge on any atom is -0.328 e. The molecule has 1 aliphatic rings. The number of rotatable bonds is 5. The lowest BCUT2D eigenvalue weighted by molar-refractivity contribution is -0.116. The van der Waals surface area contributed by atoms with Crippen LogP contribution in [0.3, 0.4) is 0 Å². The molecule has 4 aromatic rings. The number of aryl methyl sites for hydroxylation is 3. The second kappa shape index (κ2) is 8.51. The second-order valence-corrected chi connectivity index (χ2v) is 8.47. The minimum atomic E-state index is -0.0574. The molecule has 166 valence electrons. The molecule has 0 saturated carbocycles. The van der Waals surface area contributed by atoms with Gasteiger partial charge in [0, 0.05) is 47.5 Å². The summed E-state index contributed by atoms with van der Waals surface area (Å²) in [6.07, 6.45) is 7.87. The van der Waals surface area contributed by atoms with Crippen molar-refractivity contribution in [2.24, 2.45) is 0 Å². The van der Waals surface area contributed by atoms with Gasteiger partial charge in [-0.25, -0.2) is 14.5 Å². The molecule has 0 bridgehead atoms. The first-order valence-corrected chi connectivity index (χ1v) is 11.2. The van der Waals surface area contributed by atoms with Gasteiger partial charge in [-0.3, -0.25) is 4.79 Å². The Morgan fingerprint density at radius 3 is 2.79 bits per heavy atom. The van der Waals surface area contributed by atoms with Gasteiger partial charge in [0.25, 0.3) is 0 Å². The van der Waals surface area contributed by atoms with Gasteiger partial charge < -0.3 is 9.88 Å². The van der Waals surface area contributed by atoms with Crippen LogP contribution in [0, 0.1) is 25.2 Å². The lowest BCUT2D eigenvalue weighted by Gasteiger charge is -2.16. The third-order valence-corrected chi connectivity index (χ3v) is 6.36. The third-order valence-electron chi connectivity index (χ3n) is 6.36. The van der Waals surface area contributed by atoms with E-state index in [2.05, 4.69) is 31.0 Å². The molecule has 1 amide bonds. The second-order valence-electron chi connectivity index (χ2n) is 8.47. The number of anilines is 1. The van der Waals surface area contributed by atoms with Gasteiger partial charge in [0.15, 0.2) is 5.65 Å². The number of nitriles is 1. The topological polar surface area (TPSA) is 101 Å². The Bertz CT molecular complexity index is 1390. The van der Waals surface area contributed by atoms with E-state index in [-0.39, 0.29) is 5.91 Å². The van der Waals surface area contributed by atoms with E-state index in [1.54, 1.807) is 4.52 Å². The summed E-state index contributed by atoms with van der Waals surface area (Å²) in [5.74, 6) is 0.938. The Morgan fingerprint density at radius 1 is 1.18 bits per heavy atom. The van der Waals surface area contributed by atoms with Crippen LogP contribution >= 0.6 is 0 Å². The normalized spacial score (nSPS) is 13.0. The summed E-state index contributed by atoms with van der Waals surface area (Å²) >= 11 is 0. The summed E-state index contributed by atoms with van der Waals surface area (Å²) in [7, 11) is 0. The molecule has 0 radical (unpaired) electrons. The zero-order valence-electron chi connectivity index (χ0n) is 18.8. The van der Waals surface area contributed by atoms with Gasteiger partial charge in [0.05, 0.1) is 6.20 Å². The zero-order valence-corrected chi connectivity index (χ0v) is 18.8. The number of benzene rings is 1. The lowest BCUT2D eigenvalue weighted by Crippen LogP contribution is -2.14. The number of imidazole rings is 1. The highest BCUT2D eigenvalue weighted by Crippen LogP contribution is 2.26. The zero-order chi connectivity index (χ0) is 22.9. The van der Waals surface area contributed by atoms with Crippen LogP contribution in [0.4, 0.5) is 5.69 Å². The van der Waals surface area contributed by atoms with Crippen molar-refractivity contribution in [3.63, 3.8) is 0 Å². The summed E-state index contributed by atoms with van der Waals surface area (Å²) < 4.78 is 3.97. The largest absolute Gasteiger partial charge is 0.328 e. The van der Waals surface area contributed by atoms with E-state index in [1.807, 2.05) is 44.3 Å². The summed E-state index contributed by atoms with van der Waals surface area (Å²) in [6, 6.07) is 9.99. The molecular formula is C25H25N7O. The standard InChI is InChI=1S/C25H25N7O/c1-16-22(17(2)32-25(29-16)19(13-26)14-28-32)10-11-23(33)30-20-8-6-18(7-9-20)24-27-15-21-5-3-4-12-31(21)24/h6-9,14-15H,3-5,10-12H2,1-2H3,(H,30,33). The number of nitrogens with one attached hydrogen (secondary N) is 1. The van der Waals surface area contributed by atoms with Crippen molar-refractivity contribution in [2.45, 2.75) is 52.5 Å². The van der Waals surface area contributed by atoms with Crippen LogP contribution in [0.5, 0.6) is 0 Å². The third kappa shape index (κ3) is 3.87. The van der Waals surface area contributed by atoms with Gasteiger partial charge in [0.1, 0.15) is 17.5 Å². The Balaban J connectivity index is 1.26. The molecule has 4 heterocycles. The average molecular weight is 440 g/mol. The summed E-state index contributed by atoms with van der Waals surface area (Å²) in [6.45, 7) is 4.86. The summed E-state index contributed by atoms with van der Waals surface area (Å²) in [4.78, 5) is 21.8. The molecule has 0 saturated heterocycles. The maximum Gasteiger partial charge on any atom is 0.224 e. The van der Waals surface area contributed by atoms with E-state index in [0.717, 1.165) is 47.0 Å².